The lowest BCUT2D eigenvalue weighted by Gasteiger charge is -2.29. The molecule has 30 heavy (non-hydrogen) atoms. The smallest absolute Gasteiger partial charge is 0.255 e. The second-order valence-corrected chi connectivity index (χ2v) is 7.61. The number of carbonyl (C=O) groups excluding carboxylic acids is 1. The molecule has 0 spiro atoms. The van der Waals surface area contributed by atoms with Gasteiger partial charge in [-0.15, -0.1) is 0 Å². The Bertz CT molecular complexity index is 1010. The van der Waals surface area contributed by atoms with Crippen LogP contribution in [0.25, 0.3) is 11.3 Å². The molecule has 1 aromatic heterocycles. The topological polar surface area (TPSA) is 54.5 Å². The van der Waals surface area contributed by atoms with Crippen molar-refractivity contribution in [2.45, 2.75) is 13.3 Å². The van der Waals surface area contributed by atoms with Crippen molar-refractivity contribution in [3.63, 3.8) is 0 Å². The zero-order valence-electron chi connectivity index (χ0n) is 16.9. The van der Waals surface area contributed by atoms with Gasteiger partial charge in [0.15, 0.2) is 0 Å². The molecule has 1 saturated heterocycles. The first-order valence-corrected chi connectivity index (χ1v) is 10.5. The van der Waals surface area contributed by atoms with Crippen LogP contribution in [0.2, 0.25) is 5.02 Å². The van der Waals surface area contributed by atoms with Gasteiger partial charge in [0.2, 0.25) is 0 Å². The summed E-state index contributed by atoms with van der Waals surface area (Å²) in [6, 6.07) is 17.1. The maximum absolute atomic E-state index is 12.6. The van der Waals surface area contributed by atoms with Crippen LogP contribution >= 0.6 is 11.6 Å². The van der Waals surface area contributed by atoms with Crippen molar-refractivity contribution in [2.24, 2.45) is 0 Å². The predicted molar refractivity (Wildman–Crippen MR) is 121 cm³/mol. The number of morpholine rings is 1. The molecule has 6 heteroatoms. The highest BCUT2D eigenvalue weighted by Crippen LogP contribution is 2.29. The molecule has 0 radical (unpaired) electrons. The van der Waals surface area contributed by atoms with Crippen molar-refractivity contribution in [3.05, 3.63) is 76.9 Å². The first-order chi connectivity index (χ1) is 14.6. The van der Waals surface area contributed by atoms with Crippen LogP contribution in [0, 0.1) is 0 Å². The Morgan fingerprint density at radius 3 is 2.50 bits per heavy atom. The maximum Gasteiger partial charge on any atom is 0.255 e. The summed E-state index contributed by atoms with van der Waals surface area (Å²) in [6.45, 7) is 5.13. The van der Waals surface area contributed by atoms with E-state index in [2.05, 4.69) is 28.2 Å². The number of ether oxygens (including phenoxy) is 1. The van der Waals surface area contributed by atoms with Gasteiger partial charge in [0.05, 0.1) is 29.6 Å². The molecule has 1 aliphatic heterocycles. The average molecular weight is 422 g/mol. The summed E-state index contributed by atoms with van der Waals surface area (Å²) in [7, 11) is 0. The highest BCUT2D eigenvalue weighted by molar-refractivity contribution is 6.33. The highest BCUT2D eigenvalue weighted by atomic mass is 35.5. The van der Waals surface area contributed by atoms with Crippen molar-refractivity contribution in [2.75, 3.05) is 36.5 Å². The molecule has 0 aliphatic carbocycles. The summed E-state index contributed by atoms with van der Waals surface area (Å²) in [5, 5.41) is 3.54. The number of nitrogens with one attached hydrogen (secondary N) is 1. The number of aryl methyl sites for hydroxylation is 1. The van der Waals surface area contributed by atoms with Crippen LogP contribution in [0.4, 0.5) is 11.4 Å². The zero-order valence-corrected chi connectivity index (χ0v) is 17.7. The Hall–Kier alpha value is -2.89. The number of hydrogen-bond acceptors (Lipinski definition) is 4. The van der Waals surface area contributed by atoms with Gasteiger partial charge in [0.1, 0.15) is 0 Å². The van der Waals surface area contributed by atoms with E-state index in [0.29, 0.717) is 29.5 Å². The standard InChI is InChI=1S/C24H24ClN3O2/c1-2-17-3-9-22(26-16-17)18-4-6-19(7-5-18)24(29)27-20-8-10-23(21(25)15-20)28-11-13-30-14-12-28/h3-10,15-16H,2,11-14H2,1H3,(H,27,29). The number of anilines is 2. The van der Waals surface area contributed by atoms with E-state index in [0.717, 1.165) is 36.5 Å². The van der Waals surface area contributed by atoms with Crippen LogP contribution in [0.1, 0.15) is 22.8 Å². The lowest BCUT2D eigenvalue weighted by atomic mass is 10.1. The van der Waals surface area contributed by atoms with E-state index in [1.807, 2.05) is 48.7 Å². The monoisotopic (exact) mass is 421 g/mol. The largest absolute Gasteiger partial charge is 0.378 e. The maximum atomic E-state index is 12.6. The van der Waals surface area contributed by atoms with Crippen LogP contribution in [-0.4, -0.2) is 37.2 Å². The number of nitrogens with zero attached hydrogens (tertiary/aromatic N) is 2. The Labute approximate surface area is 181 Å². The Morgan fingerprint density at radius 1 is 1.10 bits per heavy atom. The number of hydrogen-bond donors (Lipinski definition) is 1. The van der Waals surface area contributed by atoms with Crippen molar-refractivity contribution < 1.29 is 9.53 Å². The molecular weight excluding hydrogens is 398 g/mol. The third kappa shape index (κ3) is 4.64. The molecule has 2 heterocycles. The van der Waals surface area contributed by atoms with Gasteiger partial charge in [-0.05, 0) is 48.4 Å². The Balaban J connectivity index is 1.43. The number of amides is 1. The van der Waals surface area contributed by atoms with Crippen LogP contribution in [-0.2, 0) is 11.2 Å². The molecule has 0 saturated carbocycles. The molecule has 4 rings (SSSR count). The summed E-state index contributed by atoms with van der Waals surface area (Å²) in [4.78, 5) is 19.3. The molecule has 0 unspecified atom stereocenters. The number of pyridine rings is 1. The molecular formula is C24H24ClN3O2. The fraction of sp³-hybridized carbons (Fsp3) is 0.250. The zero-order chi connectivity index (χ0) is 20.9. The van der Waals surface area contributed by atoms with Gasteiger partial charge in [-0.3, -0.25) is 9.78 Å². The molecule has 1 N–H and O–H groups in total. The first kappa shape index (κ1) is 20.4. The molecule has 5 nitrogen and oxygen atoms in total. The van der Waals surface area contributed by atoms with Gasteiger partial charge in [-0.2, -0.15) is 0 Å². The molecule has 2 aromatic carbocycles. The fourth-order valence-electron chi connectivity index (χ4n) is 3.45. The van der Waals surface area contributed by atoms with E-state index < -0.39 is 0 Å². The molecule has 3 aromatic rings. The van der Waals surface area contributed by atoms with Gasteiger partial charge < -0.3 is 15.0 Å². The van der Waals surface area contributed by atoms with Crippen LogP contribution in [0.3, 0.4) is 0 Å². The minimum Gasteiger partial charge on any atom is -0.378 e. The minimum atomic E-state index is -0.175. The quantitative estimate of drug-likeness (QED) is 0.626. The van der Waals surface area contributed by atoms with Crippen LogP contribution in [0.15, 0.2) is 60.8 Å². The van der Waals surface area contributed by atoms with Gasteiger partial charge in [0.25, 0.3) is 5.91 Å². The second kappa shape index (κ2) is 9.28. The van der Waals surface area contributed by atoms with Crippen molar-refractivity contribution in [1.82, 2.24) is 4.98 Å². The van der Waals surface area contributed by atoms with E-state index >= 15 is 0 Å². The summed E-state index contributed by atoms with van der Waals surface area (Å²) < 4.78 is 5.39. The molecule has 1 fully saturated rings. The number of aromatic nitrogens is 1. The molecule has 1 aliphatic rings. The van der Waals surface area contributed by atoms with E-state index in [1.54, 1.807) is 6.07 Å². The fourth-order valence-corrected chi connectivity index (χ4v) is 3.75. The second-order valence-electron chi connectivity index (χ2n) is 7.20. The Morgan fingerprint density at radius 2 is 1.87 bits per heavy atom. The summed E-state index contributed by atoms with van der Waals surface area (Å²) in [5.41, 5.74) is 5.29. The normalized spacial score (nSPS) is 13.9. The Kier molecular flexibility index (Phi) is 6.31. The average Bonchev–Trinajstić information content (AvgIpc) is 2.80. The number of carbonyl (C=O) groups is 1. The molecule has 0 atom stereocenters. The predicted octanol–water partition coefficient (Wildman–Crippen LogP) is 5.05. The summed E-state index contributed by atoms with van der Waals surface area (Å²) >= 11 is 6.46. The first-order valence-electron chi connectivity index (χ1n) is 10.1. The van der Waals surface area contributed by atoms with E-state index in [1.165, 1.54) is 5.56 Å². The molecule has 154 valence electrons. The van der Waals surface area contributed by atoms with E-state index in [-0.39, 0.29) is 5.91 Å². The third-order valence-corrected chi connectivity index (χ3v) is 5.54. The lowest BCUT2D eigenvalue weighted by Crippen LogP contribution is -2.36. The van der Waals surface area contributed by atoms with Crippen LogP contribution < -0.4 is 10.2 Å². The van der Waals surface area contributed by atoms with Gasteiger partial charge in [-0.1, -0.05) is 36.7 Å². The number of rotatable bonds is 5. The van der Waals surface area contributed by atoms with Gasteiger partial charge in [0, 0.05) is 36.1 Å². The third-order valence-electron chi connectivity index (χ3n) is 5.23. The SMILES string of the molecule is CCc1ccc(-c2ccc(C(=O)Nc3ccc(N4CCOCC4)c(Cl)c3)cc2)nc1. The van der Waals surface area contributed by atoms with Crippen LogP contribution in [0.5, 0.6) is 0 Å². The number of benzene rings is 2. The summed E-state index contributed by atoms with van der Waals surface area (Å²) in [6.07, 6.45) is 2.85. The highest BCUT2D eigenvalue weighted by Gasteiger charge is 2.15. The number of halogens is 1. The molecule has 0 bridgehead atoms. The van der Waals surface area contributed by atoms with Gasteiger partial charge in [-0.25, -0.2) is 0 Å². The van der Waals surface area contributed by atoms with Crippen molar-refractivity contribution in [3.8, 4) is 11.3 Å². The molecule has 1 amide bonds. The van der Waals surface area contributed by atoms with Crippen molar-refractivity contribution >= 4 is 28.9 Å². The lowest BCUT2D eigenvalue weighted by molar-refractivity contribution is 0.102. The van der Waals surface area contributed by atoms with E-state index in [9.17, 15) is 4.79 Å². The van der Waals surface area contributed by atoms with E-state index in [4.69, 9.17) is 16.3 Å². The minimum absolute atomic E-state index is 0.175. The summed E-state index contributed by atoms with van der Waals surface area (Å²) in [5.74, 6) is -0.175. The van der Waals surface area contributed by atoms with Gasteiger partial charge >= 0.3 is 0 Å². The van der Waals surface area contributed by atoms with Crippen molar-refractivity contribution in [1.29, 1.82) is 0 Å².